The summed E-state index contributed by atoms with van der Waals surface area (Å²) in [5.74, 6) is 0.940. The van der Waals surface area contributed by atoms with Gasteiger partial charge in [-0.3, -0.25) is 0 Å². The largest absolute Gasteiger partial charge is 0.496 e. The van der Waals surface area contributed by atoms with Crippen molar-refractivity contribution in [3.63, 3.8) is 0 Å². The summed E-state index contributed by atoms with van der Waals surface area (Å²) in [7, 11) is 3.01. The van der Waals surface area contributed by atoms with Gasteiger partial charge in [-0.2, -0.15) is 10.2 Å². The fourth-order valence-corrected chi connectivity index (χ4v) is 2.64. The molecular formula is C17H16Cl5N5O2. The number of hydrogen-bond acceptors (Lipinski definition) is 5. The van der Waals surface area contributed by atoms with Crippen molar-refractivity contribution in [2.75, 3.05) is 14.2 Å². The van der Waals surface area contributed by atoms with Crippen LogP contribution < -0.4 is 20.6 Å². The Labute approximate surface area is 193 Å². The number of halogens is 5. The Morgan fingerprint density at radius 1 is 0.862 bits per heavy atom. The first-order valence-corrected chi connectivity index (χ1v) is 9.08. The van der Waals surface area contributed by atoms with Crippen LogP contribution in [0, 0.1) is 0 Å². The van der Waals surface area contributed by atoms with Crippen LogP contribution >= 0.6 is 58.8 Å². The topological polar surface area (TPSA) is 93.6 Å². The number of nitrogens with one attached hydrogen (secondary N) is 1. The molecule has 0 saturated carbocycles. The van der Waals surface area contributed by atoms with Crippen molar-refractivity contribution in [1.82, 2.24) is 5.43 Å². The van der Waals surface area contributed by atoms with Crippen LogP contribution in [0.4, 0.5) is 0 Å². The van der Waals surface area contributed by atoms with E-state index in [1.54, 1.807) is 24.3 Å². The lowest BCUT2D eigenvalue weighted by Gasteiger charge is -2.06. The van der Waals surface area contributed by atoms with E-state index < -0.39 is 0 Å². The zero-order valence-electron chi connectivity index (χ0n) is 15.1. The van der Waals surface area contributed by atoms with Gasteiger partial charge in [-0.25, -0.2) is 5.43 Å². The predicted octanol–water partition coefficient (Wildman–Crippen LogP) is 5.01. The number of guanidine groups is 1. The molecule has 0 amide bonds. The second-order valence-corrected chi connectivity index (χ2v) is 6.75. The SMILES string of the molecule is COc1cc(Cl)c(Cl)cc1C=NN=C(N)NN=Cc1cc(Cl)c(Cl)cc1OC.Cl. The van der Waals surface area contributed by atoms with Gasteiger partial charge in [-0.15, -0.1) is 17.5 Å². The van der Waals surface area contributed by atoms with Crippen LogP contribution in [0.15, 0.2) is 39.6 Å². The molecule has 0 heterocycles. The van der Waals surface area contributed by atoms with Crippen LogP contribution in [0.5, 0.6) is 11.5 Å². The maximum Gasteiger partial charge on any atom is 0.234 e. The Bertz CT molecular complexity index is 950. The Kier molecular flexibility index (Phi) is 10.4. The van der Waals surface area contributed by atoms with Crippen LogP contribution in [0.2, 0.25) is 20.1 Å². The lowest BCUT2D eigenvalue weighted by Crippen LogP contribution is -2.26. The monoisotopic (exact) mass is 497 g/mol. The number of ether oxygens (including phenoxy) is 2. The van der Waals surface area contributed by atoms with E-state index in [1.807, 2.05) is 0 Å². The molecule has 7 nitrogen and oxygen atoms in total. The summed E-state index contributed by atoms with van der Waals surface area (Å²) in [6.07, 6.45) is 2.87. The lowest BCUT2D eigenvalue weighted by atomic mass is 10.2. The van der Waals surface area contributed by atoms with Gasteiger partial charge in [0.15, 0.2) is 0 Å². The van der Waals surface area contributed by atoms with Crippen molar-refractivity contribution in [1.29, 1.82) is 0 Å². The molecule has 29 heavy (non-hydrogen) atoms. The molecule has 0 aromatic heterocycles. The molecule has 156 valence electrons. The Morgan fingerprint density at radius 2 is 1.31 bits per heavy atom. The average molecular weight is 500 g/mol. The Morgan fingerprint density at radius 3 is 1.79 bits per heavy atom. The van der Waals surface area contributed by atoms with E-state index in [9.17, 15) is 0 Å². The minimum absolute atomic E-state index is 0. The zero-order valence-corrected chi connectivity index (χ0v) is 19.0. The average Bonchev–Trinajstić information content (AvgIpc) is 2.66. The van der Waals surface area contributed by atoms with Crippen molar-refractivity contribution in [2.45, 2.75) is 0 Å². The lowest BCUT2D eigenvalue weighted by molar-refractivity contribution is 0.414. The number of hydrazone groups is 1. The number of rotatable bonds is 6. The number of nitrogens with zero attached hydrogens (tertiary/aromatic N) is 3. The molecule has 0 saturated heterocycles. The highest BCUT2D eigenvalue weighted by Crippen LogP contribution is 2.30. The smallest absolute Gasteiger partial charge is 0.234 e. The molecule has 2 rings (SSSR count). The second-order valence-electron chi connectivity index (χ2n) is 5.12. The molecule has 0 aliphatic carbocycles. The van der Waals surface area contributed by atoms with Crippen LogP contribution in [0.25, 0.3) is 0 Å². The van der Waals surface area contributed by atoms with Crippen molar-refractivity contribution in [3.8, 4) is 11.5 Å². The Hall–Kier alpha value is -1.90. The maximum absolute atomic E-state index is 5.99. The molecule has 0 aliphatic heterocycles. The summed E-state index contributed by atoms with van der Waals surface area (Å²) in [6.45, 7) is 0. The van der Waals surface area contributed by atoms with Gasteiger partial charge in [0.05, 0.1) is 46.7 Å². The highest BCUT2D eigenvalue weighted by molar-refractivity contribution is 6.42. The fourth-order valence-electron chi connectivity index (χ4n) is 1.99. The maximum atomic E-state index is 5.99. The highest BCUT2D eigenvalue weighted by Gasteiger charge is 2.07. The standard InChI is InChI=1S/C17H15Cl4N5O2.ClH/c1-27-15-5-13(20)11(18)3-9(15)7-23-25-17(22)26-24-8-10-4-12(19)14(21)6-16(10)28-2;/h3-8H,1-2H3,(H3,22,25,26);1H. The highest BCUT2D eigenvalue weighted by atomic mass is 35.5. The van der Waals surface area contributed by atoms with Crippen molar-refractivity contribution < 1.29 is 9.47 Å². The van der Waals surface area contributed by atoms with E-state index in [1.165, 1.54) is 26.6 Å². The molecular weight excluding hydrogens is 483 g/mol. The summed E-state index contributed by atoms with van der Waals surface area (Å²) in [6, 6.07) is 6.36. The molecule has 0 aliphatic rings. The fraction of sp³-hybridized carbons (Fsp3) is 0.118. The van der Waals surface area contributed by atoms with Crippen molar-refractivity contribution in [2.24, 2.45) is 21.0 Å². The van der Waals surface area contributed by atoms with E-state index >= 15 is 0 Å². The van der Waals surface area contributed by atoms with Gasteiger partial charge < -0.3 is 15.2 Å². The molecule has 2 aromatic rings. The van der Waals surface area contributed by atoms with Crippen LogP contribution in [0.1, 0.15) is 11.1 Å². The van der Waals surface area contributed by atoms with Gasteiger partial charge >= 0.3 is 0 Å². The third-order valence-corrected chi connectivity index (χ3v) is 4.73. The normalized spacial score (nSPS) is 11.6. The summed E-state index contributed by atoms with van der Waals surface area (Å²) in [5, 5.41) is 13.1. The molecule has 12 heteroatoms. The van der Waals surface area contributed by atoms with Crippen molar-refractivity contribution >= 4 is 77.2 Å². The van der Waals surface area contributed by atoms with E-state index in [0.717, 1.165) is 0 Å². The first-order valence-electron chi connectivity index (χ1n) is 7.57. The molecule has 0 unspecified atom stereocenters. The third kappa shape index (κ3) is 7.13. The summed E-state index contributed by atoms with van der Waals surface area (Å²) in [4.78, 5) is 0. The second kappa shape index (κ2) is 11.9. The number of hydrogen-bond donors (Lipinski definition) is 2. The summed E-state index contributed by atoms with van der Waals surface area (Å²) in [5.41, 5.74) is 9.41. The molecule has 3 N–H and O–H groups in total. The van der Waals surface area contributed by atoms with E-state index in [-0.39, 0.29) is 18.4 Å². The minimum Gasteiger partial charge on any atom is -0.496 e. The van der Waals surface area contributed by atoms with Crippen molar-refractivity contribution in [3.05, 3.63) is 55.5 Å². The molecule has 0 fully saturated rings. The predicted molar refractivity (Wildman–Crippen MR) is 123 cm³/mol. The van der Waals surface area contributed by atoms with Gasteiger partial charge in [0, 0.05) is 23.3 Å². The van der Waals surface area contributed by atoms with Gasteiger partial charge in [-0.05, 0) is 12.1 Å². The Balaban J connectivity index is 0.00000420. The van der Waals surface area contributed by atoms with Crippen LogP contribution in [0.3, 0.4) is 0 Å². The quantitative estimate of drug-likeness (QED) is 0.332. The molecule has 0 bridgehead atoms. The first kappa shape index (κ1) is 25.1. The summed E-state index contributed by atoms with van der Waals surface area (Å²) >= 11 is 23.9. The molecule has 0 radical (unpaired) electrons. The van der Waals surface area contributed by atoms with Crippen LogP contribution in [-0.2, 0) is 0 Å². The van der Waals surface area contributed by atoms with Crippen LogP contribution in [-0.4, -0.2) is 32.6 Å². The number of methoxy groups -OCH3 is 2. The van der Waals surface area contributed by atoms with E-state index in [4.69, 9.17) is 61.6 Å². The summed E-state index contributed by atoms with van der Waals surface area (Å²) < 4.78 is 10.4. The minimum atomic E-state index is -0.0504. The van der Waals surface area contributed by atoms with Gasteiger partial charge in [0.25, 0.3) is 0 Å². The van der Waals surface area contributed by atoms with Gasteiger partial charge in [0.1, 0.15) is 11.5 Å². The molecule has 0 atom stereocenters. The van der Waals surface area contributed by atoms with Gasteiger partial charge in [-0.1, -0.05) is 46.4 Å². The first-order chi connectivity index (χ1) is 13.3. The number of benzene rings is 2. The zero-order chi connectivity index (χ0) is 20.7. The van der Waals surface area contributed by atoms with Gasteiger partial charge in [0.2, 0.25) is 5.96 Å². The van der Waals surface area contributed by atoms with E-state index in [2.05, 4.69) is 20.7 Å². The molecule has 2 aromatic carbocycles. The van der Waals surface area contributed by atoms with E-state index in [0.29, 0.717) is 42.7 Å². The number of nitrogens with two attached hydrogens (primary N) is 1. The molecule has 0 spiro atoms. The third-order valence-electron chi connectivity index (χ3n) is 3.29.